The van der Waals surface area contributed by atoms with E-state index >= 15 is 0 Å². The zero-order valence-corrected chi connectivity index (χ0v) is 20.7. The van der Waals surface area contributed by atoms with E-state index in [-0.39, 0.29) is 17.2 Å². The quantitative estimate of drug-likeness (QED) is 0.571. The number of benzene rings is 2. The van der Waals surface area contributed by atoms with Crippen molar-refractivity contribution in [3.63, 3.8) is 0 Å². The Bertz CT molecular complexity index is 1300. The zero-order valence-electron chi connectivity index (χ0n) is 19.1. The van der Waals surface area contributed by atoms with E-state index in [1.807, 2.05) is 29.2 Å². The minimum atomic E-state index is 0.0556. The van der Waals surface area contributed by atoms with Crippen molar-refractivity contribution in [2.24, 2.45) is 4.99 Å². The number of amidine groups is 1. The topological polar surface area (TPSA) is 95.0 Å². The van der Waals surface area contributed by atoms with E-state index in [1.54, 1.807) is 18.9 Å². The lowest BCUT2D eigenvalue weighted by Crippen LogP contribution is -2.59. The summed E-state index contributed by atoms with van der Waals surface area (Å²) in [7, 11) is 5.77. The van der Waals surface area contributed by atoms with Crippen molar-refractivity contribution in [2.75, 3.05) is 46.3 Å². The minimum Gasteiger partial charge on any atom is -0.494 e. The summed E-state index contributed by atoms with van der Waals surface area (Å²) in [5.41, 5.74) is 3.59. The normalized spacial score (nSPS) is 21.8. The van der Waals surface area contributed by atoms with Crippen LogP contribution in [0.4, 0.5) is 5.69 Å². The molecule has 4 heterocycles. The van der Waals surface area contributed by atoms with E-state index in [2.05, 4.69) is 45.3 Å². The molecule has 0 saturated carbocycles. The van der Waals surface area contributed by atoms with Crippen molar-refractivity contribution in [3.8, 4) is 5.75 Å². The number of amides is 1. The molecule has 0 aliphatic carbocycles. The molecule has 3 aliphatic rings. The first-order valence-electron chi connectivity index (χ1n) is 11.1. The van der Waals surface area contributed by atoms with Crippen molar-refractivity contribution in [1.82, 2.24) is 24.7 Å². The number of likely N-dealkylation sites (tertiary alicyclic amines) is 1. The fraction of sp³-hybridized carbons (Fsp3) is 0.391. The molecule has 0 radical (unpaired) electrons. The predicted octanol–water partition coefficient (Wildman–Crippen LogP) is 2.67. The van der Waals surface area contributed by atoms with Gasteiger partial charge in [0.25, 0.3) is 5.91 Å². The lowest BCUT2D eigenvalue weighted by atomic mass is 9.95. The number of carbonyl (C=O) groups excluding carboxylic acids is 1. The highest BCUT2D eigenvalue weighted by atomic mass is 32.2. The van der Waals surface area contributed by atoms with Crippen molar-refractivity contribution in [1.29, 1.82) is 0 Å². The van der Waals surface area contributed by atoms with Gasteiger partial charge in [-0.3, -0.25) is 15.1 Å². The summed E-state index contributed by atoms with van der Waals surface area (Å²) in [6.07, 6.45) is 0. The monoisotopic (exact) mass is 495 g/mol. The van der Waals surface area contributed by atoms with E-state index < -0.39 is 0 Å². The highest BCUT2D eigenvalue weighted by molar-refractivity contribution is 8.00. The smallest absolute Gasteiger partial charge is 0.254 e. The number of rotatable bonds is 4. The first-order chi connectivity index (χ1) is 16.5. The largest absolute Gasteiger partial charge is 0.494 e. The van der Waals surface area contributed by atoms with Gasteiger partial charge in [0.15, 0.2) is 0 Å². The molecule has 34 heavy (non-hydrogen) atoms. The third-order valence-corrected chi connectivity index (χ3v) is 8.69. The van der Waals surface area contributed by atoms with E-state index in [9.17, 15) is 4.79 Å². The number of likely N-dealkylation sites (N-methyl/N-ethyl adjacent to an activating group) is 1. The van der Waals surface area contributed by atoms with Gasteiger partial charge in [0.2, 0.25) is 0 Å². The maximum Gasteiger partial charge on any atom is 0.254 e. The second-order valence-electron chi connectivity index (χ2n) is 8.92. The number of anilines is 1. The fourth-order valence-corrected chi connectivity index (χ4v) is 6.57. The molecule has 3 aliphatic heterocycles. The number of fused-ring (bicyclic) bond motifs is 4. The van der Waals surface area contributed by atoms with Gasteiger partial charge < -0.3 is 19.9 Å². The van der Waals surface area contributed by atoms with Crippen LogP contribution in [0.1, 0.15) is 21.8 Å². The molecule has 0 spiro atoms. The van der Waals surface area contributed by atoms with Crippen LogP contribution in [0.5, 0.6) is 5.75 Å². The lowest BCUT2D eigenvalue weighted by molar-refractivity contribution is 0.0399. The zero-order chi connectivity index (χ0) is 23.4. The van der Waals surface area contributed by atoms with E-state index in [0.717, 1.165) is 45.3 Å². The number of ether oxygens (including phenoxy) is 1. The van der Waals surface area contributed by atoms with Gasteiger partial charge in [-0.1, -0.05) is 10.6 Å². The Morgan fingerprint density at radius 2 is 2.12 bits per heavy atom. The number of aromatic nitrogens is 2. The Kier molecular flexibility index (Phi) is 5.44. The number of methoxy groups -OCH3 is 1. The maximum absolute atomic E-state index is 13.0. The first kappa shape index (κ1) is 21.8. The Balaban J connectivity index is 1.25. The Morgan fingerprint density at radius 3 is 2.91 bits per heavy atom. The van der Waals surface area contributed by atoms with Gasteiger partial charge in [-0.2, -0.15) is 0 Å². The molecule has 2 unspecified atom stereocenters. The van der Waals surface area contributed by atoms with Gasteiger partial charge in [0, 0.05) is 35.7 Å². The summed E-state index contributed by atoms with van der Waals surface area (Å²) in [5, 5.41) is 11.3. The molecule has 2 N–H and O–H groups in total. The number of nitrogens with zero attached hydrogens (tertiary/aromatic N) is 5. The predicted molar refractivity (Wildman–Crippen MR) is 135 cm³/mol. The van der Waals surface area contributed by atoms with Crippen LogP contribution in [0, 0.1) is 0 Å². The van der Waals surface area contributed by atoms with Crippen LogP contribution in [-0.4, -0.2) is 83.5 Å². The van der Waals surface area contributed by atoms with E-state index in [0.29, 0.717) is 18.5 Å². The molecule has 1 fully saturated rings. The molecule has 2 aromatic carbocycles. The van der Waals surface area contributed by atoms with Gasteiger partial charge in [-0.15, -0.1) is 16.9 Å². The highest BCUT2D eigenvalue weighted by Gasteiger charge is 2.40. The number of nitrogens with one attached hydrogen (secondary N) is 2. The van der Waals surface area contributed by atoms with Crippen molar-refractivity contribution in [3.05, 3.63) is 41.5 Å². The molecular weight excluding hydrogens is 470 g/mol. The molecule has 1 saturated heterocycles. The van der Waals surface area contributed by atoms with E-state index in [4.69, 9.17) is 9.73 Å². The van der Waals surface area contributed by atoms with Crippen LogP contribution in [-0.2, 0) is 0 Å². The van der Waals surface area contributed by atoms with Gasteiger partial charge in [0.1, 0.15) is 17.1 Å². The molecule has 1 amide bonds. The van der Waals surface area contributed by atoms with Crippen LogP contribution in [0.2, 0.25) is 0 Å². The summed E-state index contributed by atoms with van der Waals surface area (Å²) in [5.74, 6) is 1.75. The molecule has 6 rings (SSSR count). The molecular formula is C23H25N7O2S2. The summed E-state index contributed by atoms with van der Waals surface area (Å²) in [6, 6.07) is 10.4. The second kappa shape index (κ2) is 8.49. The summed E-state index contributed by atoms with van der Waals surface area (Å²) in [6.45, 7) is 2.10. The summed E-state index contributed by atoms with van der Waals surface area (Å²) >= 11 is 3.12. The SMILES string of the molecule is COc1cc2nnsc2cc1NC1=NCNC2Sc3cc(C(=O)N4CC(N(C)C)C4)ccc3C12. The highest BCUT2D eigenvalue weighted by Crippen LogP contribution is 2.47. The van der Waals surface area contributed by atoms with Crippen molar-refractivity contribution >= 4 is 50.9 Å². The number of carbonyl (C=O) groups is 1. The van der Waals surface area contributed by atoms with Crippen molar-refractivity contribution in [2.45, 2.75) is 22.2 Å². The van der Waals surface area contributed by atoms with Gasteiger partial charge in [-0.25, -0.2) is 0 Å². The lowest BCUT2D eigenvalue weighted by Gasteiger charge is -2.42. The summed E-state index contributed by atoms with van der Waals surface area (Å²) < 4.78 is 10.6. The fourth-order valence-electron chi connectivity index (χ4n) is 4.62. The molecule has 2 atom stereocenters. The van der Waals surface area contributed by atoms with E-state index in [1.165, 1.54) is 17.1 Å². The number of aliphatic imine (C=N–C) groups is 1. The molecule has 3 aromatic rings. The molecule has 9 nitrogen and oxygen atoms in total. The van der Waals surface area contributed by atoms with Crippen LogP contribution in [0.25, 0.3) is 10.2 Å². The molecule has 1 aromatic heterocycles. The van der Waals surface area contributed by atoms with Crippen LogP contribution < -0.4 is 15.4 Å². The maximum atomic E-state index is 13.0. The number of thioether (sulfide) groups is 1. The molecule has 0 bridgehead atoms. The molecule has 176 valence electrons. The third-order valence-electron chi connectivity index (χ3n) is 6.70. The van der Waals surface area contributed by atoms with Crippen molar-refractivity contribution < 1.29 is 9.53 Å². The first-order valence-corrected chi connectivity index (χ1v) is 12.8. The van der Waals surface area contributed by atoms with Gasteiger partial charge in [-0.05, 0) is 49.4 Å². The second-order valence-corrected chi connectivity index (χ2v) is 10.9. The molecule has 11 heteroatoms. The summed E-state index contributed by atoms with van der Waals surface area (Å²) in [4.78, 5) is 23.0. The Hall–Kier alpha value is -2.73. The number of hydrogen-bond donors (Lipinski definition) is 2. The third kappa shape index (κ3) is 3.63. The minimum absolute atomic E-state index is 0.0556. The van der Waals surface area contributed by atoms with Gasteiger partial charge in [0.05, 0.1) is 35.5 Å². The average Bonchev–Trinajstić information content (AvgIpc) is 3.40. The Morgan fingerprint density at radius 1 is 1.26 bits per heavy atom. The average molecular weight is 496 g/mol. The van der Waals surface area contributed by atoms with Crippen LogP contribution in [0.15, 0.2) is 40.2 Å². The number of hydrogen-bond acceptors (Lipinski definition) is 10. The standard InChI is InChI=1S/C23H25N7O2S2/c1-29(2)13-9-30(10-13)23(31)12-4-5-14-18(6-12)33-22-20(14)21(24-11-25-22)26-15-8-19-16(27-28-34-19)7-17(15)32-3/h4-8,13,20,22,25H,9-11H2,1-3H3,(H,24,26). The Labute approximate surface area is 205 Å². The van der Waals surface area contributed by atoms with Gasteiger partial charge >= 0.3 is 0 Å². The van der Waals surface area contributed by atoms with Crippen LogP contribution >= 0.6 is 23.3 Å². The van der Waals surface area contributed by atoms with Crippen LogP contribution in [0.3, 0.4) is 0 Å².